The van der Waals surface area contributed by atoms with Crippen LogP contribution in [0.3, 0.4) is 0 Å². The van der Waals surface area contributed by atoms with E-state index in [0.29, 0.717) is 33.6 Å². The van der Waals surface area contributed by atoms with Crippen molar-refractivity contribution in [3.05, 3.63) is 48.0 Å². The number of thioether (sulfide) groups is 2. The molecule has 0 aromatic heterocycles. The lowest BCUT2D eigenvalue weighted by atomic mass is 10.2. The summed E-state index contributed by atoms with van der Waals surface area (Å²) in [5.41, 5.74) is 1.70. The van der Waals surface area contributed by atoms with Crippen molar-refractivity contribution in [2.45, 2.75) is 15.5 Å². The molecule has 0 aliphatic heterocycles. The maximum atomic E-state index is 12.6. The summed E-state index contributed by atoms with van der Waals surface area (Å²) < 4.78 is 25.2. The monoisotopic (exact) mass is 322 g/mol. The minimum atomic E-state index is -2.49. The molecule has 2 nitrogen and oxygen atoms in total. The topological polar surface area (TPSA) is 35.8 Å². The largest absolute Gasteiger partial charge is 0.353 e. The molecule has 2 rings (SSSR count). The highest BCUT2D eigenvalue weighted by molar-refractivity contribution is 7.99. The predicted molar refractivity (Wildman–Crippen MR) is 84.5 cm³/mol. The first-order chi connectivity index (χ1) is 10.2. The molecule has 0 heterocycles. The Labute approximate surface area is 130 Å². The molecule has 0 aliphatic rings. The number of hydrogen-bond donors (Lipinski definition) is 1. The molecule has 0 bridgehead atoms. The molecule has 0 saturated heterocycles. The quantitative estimate of drug-likeness (QED) is 0.754. The minimum Gasteiger partial charge on any atom is -0.353 e. The molecule has 0 radical (unpaired) electrons. The van der Waals surface area contributed by atoms with Crippen molar-refractivity contribution < 1.29 is 8.78 Å². The first kappa shape index (κ1) is 15.7. The van der Waals surface area contributed by atoms with Crippen LogP contribution in [0.25, 0.3) is 0 Å². The first-order valence-corrected chi connectivity index (χ1v) is 8.14. The van der Waals surface area contributed by atoms with E-state index in [0.717, 1.165) is 4.90 Å². The van der Waals surface area contributed by atoms with E-state index in [4.69, 9.17) is 0 Å². The Balaban J connectivity index is 2.37. The number of benzene rings is 2. The molecule has 1 N–H and O–H groups in total. The van der Waals surface area contributed by atoms with Crippen molar-refractivity contribution in [1.29, 1.82) is 5.26 Å². The maximum absolute atomic E-state index is 12.6. The SMILES string of the molecule is CSc1cccc(Nc2ccccc2SC(F)F)c1C#N. The van der Waals surface area contributed by atoms with Gasteiger partial charge < -0.3 is 5.32 Å². The molecule has 2 aromatic rings. The van der Waals surface area contributed by atoms with Crippen molar-refractivity contribution in [2.24, 2.45) is 0 Å². The summed E-state index contributed by atoms with van der Waals surface area (Å²) in [4.78, 5) is 1.30. The van der Waals surface area contributed by atoms with Crippen LogP contribution in [-0.4, -0.2) is 12.0 Å². The van der Waals surface area contributed by atoms with Crippen LogP contribution in [0.4, 0.5) is 20.2 Å². The third kappa shape index (κ3) is 3.90. The lowest BCUT2D eigenvalue weighted by molar-refractivity contribution is 0.252. The highest BCUT2D eigenvalue weighted by Crippen LogP contribution is 2.35. The minimum absolute atomic E-state index is 0.450. The summed E-state index contributed by atoms with van der Waals surface area (Å²) >= 11 is 1.96. The normalized spacial score (nSPS) is 10.4. The number of rotatable bonds is 5. The van der Waals surface area contributed by atoms with E-state index in [9.17, 15) is 14.0 Å². The summed E-state index contributed by atoms with van der Waals surface area (Å²) in [6.07, 6.45) is 1.89. The van der Waals surface area contributed by atoms with E-state index in [1.807, 2.05) is 18.4 Å². The molecule has 0 fully saturated rings. The van der Waals surface area contributed by atoms with Crippen molar-refractivity contribution in [1.82, 2.24) is 0 Å². The van der Waals surface area contributed by atoms with Crippen LogP contribution >= 0.6 is 23.5 Å². The van der Waals surface area contributed by atoms with Gasteiger partial charge in [-0.05, 0) is 30.5 Å². The number of halogens is 2. The van der Waals surface area contributed by atoms with Gasteiger partial charge in [-0.3, -0.25) is 0 Å². The average Bonchev–Trinajstić information content (AvgIpc) is 2.48. The molecule has 0 aliphatic carbocycles. The Morgan fingerprint density at radius 1 is 1.05 bits per heavy atom. The highest BCUT2D eigenvalue weighted by Gasteiger charge is 2.12. The van der Waals surface area contributed by atoms with Gasteiger partial charge in [-0.15, -0.1) is 11.8 Å². The molecule has 6 heteroatoms. The van der Waals surface area contributed by atoms with Crippen molar-refractivity contribution in [3.8, 4) is 6.07 Å². The fourth-order valence-corrected chi connectivity index (χ4v) is 3.00. The molecule has 108 valence electrons. The summed E-state index contributed by atoms with van der Waals surface area (Å²) in [7, 11) is 0. The number of alkyl halides is 2. The Morgan fingerprint density at radius 2 is 1.71 bits per heavy atom. The van der Waals surface area contributed by atoms with Crippen molar-refractivity contribution in [2.75, 3.05) is 11.6 Å². The van der Waals surface area contributed by atoms with Gasteiger partial charge in [-0.2, -0.15) is 14.0 Å². The molecular formula is C15H12F2N2S2. The van der Waals surface area contributed by atoms with Gasteiger partial charge in [0.25, 0.3) is 5.76 Å². The third-order valence-corrected chi connectivity index (χ3v) is 4.30. The van der Waals surface area contributed by atoms with Crippen molar-refractivity contribution in [3.63, 3.8) is 0 Å². The highest BCUT2D eigenvalue weighted by atomic mass is 32.2. The number of hydrogen-bond acceptors (Lipinski definition) is 4. The van der Waals surface area contributed by atoms with Crippen LogP contribution in [0.5, 0.6) is 0 Å². The van der Waals surface area contributed by atoms with Crippen LogP contribution in [0.2, 0.25) is 0 Å². The van der Waals surface area contributed by atoms with Crippen LogP contribution in [0.15, 0.2) is 52.3 Å². The smallest absolute Gasteiger partial charge is 0.288 e. The number of nitriles is 1. The zero-order chi connectivity index (χ0) is 15.2. The summed E-state index contributed by atoms with van der Waals surface area (Å²) in [6.45, 7) is 0. The Bertz CT molecular complexity index is 669. The second kappa shape index (κ2) is 7.34. The maximum Gasteiger partial charge on any atom is 0.288 e. The van der Waals surface area contributed by atoms with Gasteiger partial charge in [0.2, 0.25) is 0 Å². The Kier molecular flexibility index (Phi) is 5.48. The molecule has 0 amide bonds. The molecule has 2 aromatic carbocycles. The standard InChI is InChI=1S/C15H12F2N2S2/c1-20-13-8-4-6-11(10(13)9-18)19-12-5-2-3-7-14(12)21-15(16)17/h2-8,15,19H,1H3. The lowest BCUT2D eigenvalue weighted by Crippen LogP contribution is -1.97. The van der Waals surface area contributed by atoms with E-state index in [1.54, 1.807) is 30.3 Å². The molecule has 0 saturated carbocycles. The van der Waals surface area contributed by atoms with Gasteiger partial charge >= 0.3 is 0 Å². The van der Waals surface area contributed by atoms with E-state index in [2.05, 4.69) is 11.4 Å². The summed E-state index contributed by atoms with van der Waals surface area (Å²) in [6, 6.07) is 14.4. The predicted octanol–water partition coefficient (Wildman–Crippen LogP) is 5.34. The molecule has 0 unspecified atom stereocenters. The van der Waals surface area contributed by atoms with E-state index in [-0.39, 0.29) is 0 Å². The zero-order valence-corrected chi connectivity index (χ0v) is 12.8. The number of anilines is 2. The third-order valence-electron chi connectivity index (χ3n) is 2.73. The number of nitrogens with zero attached hydrogens (tertiary/aromatic N) is 1. The summed E-state index contributed by atoms with van der Waals surface area (Å²) in [5, 5.41) is 12.4. The molecular weight excluding hydrogens is 310 g/mol. The zero-order valence-electron chi connectivity index (χ0n) is 11.1. The first-order valence-electron chi connectivity index (χ1n) is 6.03. The van der Waals surface area contributed by atoms with Gasteiger partial charge in [0.15, 0.2) is 0 Å². The summed E-state index contributed by atoms with van der Waals surface area (Å²) in [5.74, 6) is -2.49. The lowest BCUT2D eigenvalue weighted by Gasteiger charge is -2.13. The number of nitrogens with one attached hydrogen (secondary N) is 1. The van der Waals surface area contributed by atoms with Gasteiger partial charge in [-0.1, -0.05) is 30.0 Å². The van der Waals surface area contributed by atoms with E-state index >= 15 is 0 Å². The average molecular weight is 322 g/mol. The molecule has 0 spiro atoms. The number of para-hydroxylation sites is 1. The molecule has 21 heavy (non-hydrogen) atoms. The van der Waals surface area contributed by atoms with Gasteiger partial charge in [0.1, 0.15) is 6.07 Å². The molecule has 0 atom stereocenters. The second-order valence-electron chi connectivity index (χ2n) is 3.99. The second-order valence-corrected chi connectivity index (χ2v) is 5.87. The van der Waals surface area contributed by atoms with Gasteiger partial charge in [-0.25, -0.2) is 0 Å². The van der Waals surface area contributed by atoms with Crippen molar-refractivity contribution >= 4 is 34.9 Å². The van der Waals surface area contributed by atoms with Gasteiger partial charge in [0, 0.05) is 9.79 Å². The van der Waals surface area contributed by atoms with Crippen LogP contribution in [-0.2, 0) is 0 Å². The Morgan fingerprint density at radius 3 is 2.38 bits per heavy atom. The Hall–Kier alpha value is -1.71. The van der Waals surface area contributed by atoms with E-state index < -0.39 is 5.76 Å². The van der Waals surface area contributed by atoms with E-state index in [1.165, 1.54) is 11.8 Å². The van der Waals surface area contributed by atoms with Crippen LogP contribution < -0.4 is 5.32 Å². The fourth-order valence-electron chi connectivity index (χ4n) is 1.83. The fraction of sp³-hybridized carbons (Fsp3) is 0.133. The van der Waals surface area contributed by atoms with Crippen LogP contribution in [0, 0.1) is 11.3 Å². The van der Waals surface area contributed by atoms with Crippen LogP contribution in [0.1, 0.15) is 5.56 Å². The van der Waals surface area contributed by atoms with Gasteiger partial charge in [0.05, 0.1) is 16.9 Å².